The molecule has 0 heterocycles. The van der Waals surface area contributed by atoms with Crippen molar-refractivity contribution in [3.8, 4) is 0 Å². The van der Waals surface area contributed by atoms with Crippen molar-refractivity contribution in [1.82, 2.24) is 5.32 Å². The molecule has 3 rings (SSSR count). The van der Waals surface area contributed by atoms with E-state index >= 15 is 0 Å². The average molecular weight is 193 g/mol. The molecule has 0 amide bonds. The predicted octanol–water partition coefficient (Wildman–Crippen LogP) is 1.22. The summed E-state index contributed by atoms with van der Waals surface area (Å²) in [4.78, 5) is 10.3. The summed E-state index contributed by atoms with van der Waals surface area (Å²) in [6, 6.07) is 0.594. The van der Waals surface area contributed by atoms with Crippen molar-refractivity contribution in [3.05, 3.63) is 12.3 Å². The second-order valence-corrected chi connectivity index (χ2v) is 4.85. The summed E-state index contributed by atoms with van der Waals surface area (Å²) in [7, 11) is 0. The molecule has 4 unspecified atom stereocenters. The Balaban J connectivity index is 1.57. The quantitative estimate of drug-likeness (QED) is 0.662. The number of carboxylic acid groups (broad SMARTS) is 1. The third-order valence-corrected chi connectivity index (χ3v) is 4.25. The third kappa shape index (κ3) is 1.08. The Morgan fingerprint density at radius 3 is 2.50 bits per heavy atom. The Bertz CT molecular complexity index is 284. The standard InChI is InChI=1S/C11H15NO2/c13-8(14)3-4-12-11-9-6-1-2-7(5-6)10(9)11/h3-4,6-7,9-12H,1-2,5H2,(H,13,14)/b4-3+. The summed E-state index contributed by atoms with van der Waals surface area (Å²) in [5.74, 6) is 2.76. The molecule has 3 aliphatic carbocycles. The van der Waals surface area contributed by atoms with Crippen LogP contribution in [0.1, 0.15) is 19.3 Å². The van der Waals surface area contributed by atoms with E-state index in [0.29, 0.717) is 6.04 Å². The molecule has 0 radical (unpaired) electrons. The summed E-state index contributed by atoms with van der Waals surface area (Å²) < 4.78 is 0. The van der Waals surface area contributed by atoms with Crippen molar-refractivity contribution in [2.24, 2.45) is 23.7 Å². The molecule has 14 heavy (non-hydrogen) atoms. The molecule has 0 saturated heterocycles. The van der Waals surface area contributed by atoms with Gasteiger partial charge in [-0.15, -0.1) is 0 Å². The average Bonchev–Trinajstić information content (AvgIpc) is 2.57. The van der Waals surface area contributed by atoms with Gasteiger partial charge in [0.2, 0.25) is 0 Å². The molecule has 0 aliphatic heterocycles. The highest BCUT2D eigenvalue weighted by atomic mass is 16.4. The van der Waals surface area contributed by atoms with E-state index in [0.717, 1.165) is 23.7 Å². The molecule has 3 fully saturated rings. The van der Waals surface area contributed by atoms with Crippen LogP contribution in [0.4, 0.5) is 0 Å². The molecule has 0 aromatic carbocycles. The van der Waals surface area contributed by atoms with E-state index in [2.05, 4.69) is 5.32 Å². The van der Waals surface area contributed by atoms with Gasteiger partial charge in [0, 0.05) is 18.3 Å². The maximum absolute atomic E-state index is 10.3. The first kappa shape index (κ1) is 8.33. The second-order valence-electron chi connectivity index (χ2n) is 4.85. The fraction of sp³-hybridized carbons (Fsp3) is 0.727. The van der Waals surface area contributed by atoms with Crippen LogP contribution in [0.5, 0.6) is 0 Å². The van der Waals surface area contributed by atoms with Crippen molar-refractivity contribution in [3.63, 3.8) is 0 Å². The second kappa shape index (κ2) is 2.75. The van der Waals surface area contributed by atoms with Crippen LogP contribution in [0, 0.1) is 23.7 Å². The molecule has 3 heteroatoms. The molecular weight excluding hydrogens is 178 g/mol. The lowest BCUT2D eigenvalue weighted by Crippen LogP contribution is -2.17. The molecule has 3 nitrogen and oxygen atoms in total. The Hall–Kier alpha value is -0.990. The largest absolute Gasteiger partial charge is 0.478 e. The maximum Gasteiger partial charge on any atom is 0.329 e. The van der Waals surface area contributed by atoms with Gasteiger partial charge in [0.1, 0.15) is 0 Å². The number of rotatable bonds is 3. The zero-order valence-electron chi connectivity index (χ0n) is 8.02. The highest BCUT2D eigenvalue weighted by Crippen LogP contribution is 2.65. The minimum Gasteiger partial charge on any atom is -0.478 e. The number of nitrogens with one attached hydrogen (secondary N) is 1. The van der Waals surface area contributed by atoms with E-state index in [4.69, 9.17) is 5.11 Å². The van der Waals surface area contributed by atoms with Gasteiger partial charge in [-0.2, -0.15) is 0 Å². The Morgan fingerprint density at radius 2 is 1.93 bits per heavy atom. The maximum atomic E-state index is 10.3. The first-order chi connectivity index (χ1) is 6.77. The molecule has 3 saturated carbocycles. The van der Waals surface area contributed by atoms with E-state index in [1.807, 2.05) is 0 Å². The topological polar surface area (TPSA) is 49.3 Å². The summed E-state index contributed by atoms with van der Waals surface area (Å²) >= 11 is 0. The van der Waals surface area contributed by atoms with Crippen LogP contribution in [0.3, 0.4) is 0 Å². The first-order valence-electron chi connectivity index (χ1n) is 5.43. The zero-order valence-corrected chi connectivity index (χ0v) is 8.02. The van der Waals surface area contributed by atoms with Gasteiger partial charge in [-0.25, -0.2) is 4.79 Å². The van der Waals surface area contributed by atoms with Crippen molar-refractivity contribution >= 4 is 5.97 Å². The number of hydrogen-bond acceptors (Lipinski definition) is 2. The van der Waals surface area contributed by atoms with E-state index in [1.165, 1.54) is 25.3 Å². The molecule has 0 aromatic rings. The molecule has 2 bridgehead atoms. The summed E-state index contributed by atoms with van der Waals surface area (Å²) in [5, 5.41) is 11.7. The smallest absolute Gasteiger partial charge is 0.329 e. The monoisotopic (exact) mass is 193 g/mol. The molecule has 0 spiro atoms. The fourth-order valence-corrected chi connectivity index (χ4v) is 3.78. The van der Waals surface area contributed by atoms with Gasteiger partial charge in [0.05, 0.1) is 0 Å². The summed E-state index contributed by atoms with van der Waals surface area (Å²) in [6.45, 7) is 0. The number of hydrogen-bond donors (Lipinski definition) is 2. The van der Waals surface area contributed by atoms with Crippen LogP contribution < -0.4 is 5.32 Å². The first-order valence-corrected chi connectivity index (χ1v) is 5.43. The Labute approximate surface area is 83.2 Å². The lowest BCUT2D eigenvalue weighted by atomic mass is 10.0. The highest BCUT2D eigenvalue weighted by molar-refractivity contribution is 5.79. The molecule has 0 aromatic heterocycles. The Kier molecular flexibility index (Phi) is 1.64. The van der Waals surface area contributed by atoms with Gasteiger partial charge in [-0.1, -0.05) is 0 Å². The SMILES string of the molecule is O=C(O)/C=C/NC1C2C3CCC(C3)C12. The lowest BCUT2D eigenvalue weighted by molar-refractivity contribution is -0.131. The van der Waals surface area contributed by atoms with Gasteiger partial charge in [-0.3, -0.25) is 0 Å². The van der Waals surface area contributed by atoms with E-state index in [1.54, 1.807) is 6.20 Å². The van der Waals surface area contributed by atoms with Crippen molar-refractivity contribution in [2.45, 2.75) is 25.3 Å². The van der Waals surface area contributed by atoms with Gasteiger partial charge in [-0.05, 0) is 42.9 Å². The minimum absolute atomic E-state index is 0.594. The van der Waals surface area contributed by atoms with E-state index < -0.39 is 5.97 Å². The van der Waals surface area contributed by atoms with Crippen LogP contribution in [-0.4, -0.2) is 17.1 Å². The summed E-state index contributed by atoms with van der Waals surface area (Å²) in [5.41, 5.74) is 0. The van der Waals surface area contributed by atoms with Crippen molar-refractivity contribution < 1.29 is 9.90 Å². The number of aliphatic carboxylic acids is 1. The minimum atomic E-state index is -0.869. The van der Waals surface area contributed by atoms with E-state index in [-0.39, 0.29) is 0 Å². The molecule has 76 valence electrons. The van der Waals surface area contributed by atoms with Crippen LogP contribution >= 0.6 is 0 Å². The number of carbonyl (C=O) groups is 1. The molecule has 3 aliphatic rings. The van der Waals surface area contributed by atoms with Crippen LogP contribution in [-0.2, 0) is 4.79 Å². The fourth-order valence-electron chi connectivity index (χ4n) is 3.78. The van der Waals surface area contributed by atoms with Crippen LogP contribution in [0.2, 0.25) is 0 Å². The zero-order chi connectivity index (χ0) is 9.71. The van der Waals surface area contributed by atoms with Crippen molar-refractivity contribution in [2.75, 3.05) is 0 Å². The predicted molar refractivity (Wildman–Crippen MR) is 51.5 cm³/mol. The molecule has 4 atom stereocenters. The molecular formula is C11H15NO2. The third-order valence-electron chi connectivity index (χ3n) is 4.25. The van der Waals surface area contributed by atoms with Crippen LogP contribution in [0.25, 0.3) is 0 Å². The van der Waals surface area contributed by atoms with Gasteiger partial charge in [0.15, 0.2) is 0 Å². The number of fused-ring (bicyclic) bond motifs is 5. The van der Waals surface area contributed by atoms with Gasteiger partial charge < -0.3 is 10.4 Å². The lowest BCUT2D eigenvalue weighted by Gasteiger charge is -2.07. The number of carboxylic acids is 1. The summed E-state index contributed by atoms with van der Waals surface area (Å²) in [6.07, 6.45) is 7.05. The van der Waals surface area contributed by atoms with Gasteiger partial charge in [0.25, 0.3) is 0 Å². The van der Waals surface area contributed by atoms with Crippen LogP contribution in [0.15, 0.2) is 12.3 Å². The Morgan fingerprint density at radius 1 is 1.29 bits per heavy atom. The van der Waals surface area contributed by atoms with Crippen molar-refractivity contribution in [1.29, 1.82) is 0 Å². The van der Waals surface area contributed by atoms with Gasteiger partial charge >= 0.3 is 5.97 Å². The normalized spacial score (nSPS) is 48.1. The highest BCUT2D eigenvalue weighted by Gasteiger charge is 2.64. The molecule has 2 N–H and O–H groups in total. The van der Waals surface area contributed by atoms with E-state index in [9.17, 15) is 4.79 Å².